The second-order valence-electron chi connectivity index (χ2n) is 4.63. The molecular formula is C13H18N4O2S. The number of hydrogen-bond donors (Lipinski definition) is 2. The zero-order chi connectivity index (χ0) is 14.4. The molecule has 20 heavy (non-hydrogen) atoms. The van der Waals surface area contributed by atoms with Crippen LogP contribution in [0.4, 0.5) is 6.01 Å². The first-order chi connectivity index (χ1) is 9.65. The highest BCUT2D eigenvalue weighted by molar-refractivity contribution is 7.09. The summed E-state index contributed by atoms with van der Waals surface area (Å²) in [5, 5.41) is 15.6. The van der Waals surface area contributed by atoms with Crippen molar-refractivity contribution in [2.45, 2.75) is 32.7 Å². The fourth-order valence-corrected chi connectivity index (χ4v) is 2.15. The Morgan fingerprint density at radius 3 is 2.95 bits per heavy atom. The van der Waals surface area contributed by atoms with E-state index in [1.807, 2.05) is 31.4 Å². The summed E-state index contributed by atoms with van der Waals surface area (Å²) in [5.74, 6) is 0.788. The number of thiophene rings is 1. The first-order valence-corrected chi connectivity index (χ1v) is 7.39. The average molecular weight is 294 g/mol. The van der Waals surface area contributed by atoms with Gasteiger partial charge in [0, 0.05) is 23.8 Å². The summed E-state index contributed by atoms with van der Waals surface area (Å²) in [6, 6.07) is 4.32. The summed E-state index contributed by atoms with van der Waals surface area (Å²) in [7, 11) is 0. The maximum absolute atomic E-state index is 11.6. The van der Waals surface area contributed by atoms with Crippen LogP contribution in [0.5, 0.6) is 0 Å². The van der Waals surface area contributed by atoms with Gasteiger partial charge in [-0.3, -0.25) is 4.79 Å². The van der Waals surface area contributed by atoms with E-state index in [2.05, 4.69) is 20.8 Å². The van der Waals surface area contributed by atoms with Crippen LogP contribution in [0.3, 0.4) is 0 Å². The van der Waals surface area contributed by atoms with Crippen LogP contribution in [0.2, 0.25) is 0 Å². The first kappa shape index (κ1) is 14.5. The molecule has 2 heterocycles. The third-order valence-electron chi connectivity index (χ3n) is 2.60. The molecule has 7 heteroatoms. The molecule has 2 rings (SSSR count). The lowest BCUT2D eigenvalue weighted by molar-refractivity contribution is -0.120. The summed E-state index contributed by atoms with van der Waals surface area (Å²) in [6.45, 7) is 5.01. The van der Waals surface area contributed by atoms with E-state index >= 15 is 0 Å². The van der Waals surface area contributed by atoms with Crippen molar-refractivity contribution in [2.24, 2.45) is 0 Å². The van der Waals surface area contributed by atoms with E-state index in [4.69, 9.17) is 4.42 Å². The third-order valence-corrected chi connectivity index (χ3v) is 3.48. The molecule has 0 saturated heterocycles. The van der Waals surface area contributed by atoms with Gasteiger partial charge in [-0.15, -0.1) is 16.4 Å². The van der Waals surface area contributed by atoms with Crippen LogP contribution in [0.15, 0.2) is 21.9 Å². The zero-order valence-corrected chi connectivity index (χ0v) is 12.4. The highest BCUT2D eigenvalue weighted by Crippen LogP contribution is 2.14. The van der Waals surface area contributed by atoms with Crippen molar-refractivity contribution in [3.63, 3.8) is 0 Å². The Morgan fingerprint density at radius 2 is 2.30 bits per heavy atom. The van der Waals surface area contributed by atoms with Crippen LogP contribution in [0.25, 0.3) is 0 Å². The molecule has 0 saturated carbocycles. The van der Waals surface area contributed by atoms with E-state index in [-0.39, 0.29) is 11.8 Å². The minimum absolute atomic E-state index is 0.00509. The van der Waals surface area contributed by atoms with Crippen LogP contribution < -0.4 is 10.6 Å². The Labute approximate surface area is 121 Å². The quantitative estimate of drug-likeness (QED) is 0.819. The fraction of sp³-hybridized carbons (Fsp3) is 0.462. The fourth-order valence-electron chi connectivity index (χ4n) is 1.51. The molecule has 1 amide bonds. The smallest absolute Gasteiger partial charge is 0.315 e. The summed E-state index contributed by atoms with van der Waals surface area (Å²) in [6.07, 6.45) is 0.366. The maximum Gasteiger partial charge on any atom is 0.315 e. The lowest BCUT2D eigenvalue weighted by atomic mass is 10.2. The lowest BCUT2D eigenvalue weighted by Gasteiger charge is -2.03. The van der Waals surface area contributed by atoms with Crippen molar-refractivity contribution in [1.82, 2.24) is 15.5 Å². The summed E-state index contributed by atoms with van der Waals surface area (Å²) in [4.78, 5) is 12.8. The van der Waals surface area contributed by atoms with E-state index in [1.54, 1.807) is 11.3 Å². The van der Waals surface area contributed by atoms with Crippen LogP contribution in [-0.2, 0) is 11.3 Å². The van der Waals surface area contributed by atoms with Crippen molar-refractivity contribution in [3.8, 4) is 0 Å². The molecule has 0 fully saturated rings. The molecule has 0 aliphatic carbocycles. The molecule has 2 N–H and O–H groups in total. The molecule has 0 unspecified atom stereocenters. The van der Waals surface area contributed by atoms with Gasteiger partial charge in [0.05, 0.1) is 6.54 Å². The number of amides is 1. The van der Waals surface area contributed by atoms with E-state index in [0.717, 1.165) is 4.88 Å². The SMILES string of the molecule is CC(C)c1nnc(NCCC(=O)NCc2cccs2)o1. The monoisotopic (exact) mass is 294 g/mol. The minimum Gasteiger partial charge on any atom is -0.408 e. The second kappa shape index (κ2) is 7.04. The maximum atomic E-state index is 11.6. The molecule has 2 aromatic rings. The van der Waals surface area contributed by atoms with Gasteiger partial charge in [-0.2, -0.15) is 0 Å². The van der Waals surface area contributed by atoms with E-state index in [9.17, 15) is 4.79 Å². The molecule has 0 aliphatic rings. The molecule has 6 nitrogen and oxygen atoms in total. The number of nitrogens with zero attached hydrogens (tertiary/aromatic N) is 2. The van der Waals surface area contributed by atoms with Gasteiger partial charge in [-0.1, -0.05) is 25.0 Å². The van der Waals surface area contributed by atoms with Crippen LogP contribution >= 0.6 is 11.3 Å². The number of aromatic nitrogens is 2. The molecule has 0 radical (unpaired) electrons. The number of anilines is 1. The average Bonchev–Trinajstić information content (AvgIpc) is 3.07. The van der Waals surface area contributed by atoms with E-state index in [1.165, 1.54) is 0 Å². The molecule has 2 aromatic heterocycles. The number of rotatable bonds is 7. The third kappa shape index (κ3) is 4.34. The Morgan fingerprint density at radius 1 is 1.45 bits per heavy atom. The van der Waals surface area contributed by atoms with E-state index in [0.29, 0.717) is 31.4 Å². The van der Waals surface area contributed by atoms with Crippen molar-refractivity contribution < 1.29 is 9.21 Å². The topological polar surface area (TPSA) is 80.0 Å². The Kier molecular flexibility index (Phi) is 5.11. The van der Waals surface area contributed by atoms with Crippen molar-refractivity contribution in [2.75, 3.05) is 11.9 Å². The van der Waals surface area contributed by atoms with Gasteiger partial charge in [-0.05, 0) is 11.4 Å². The number of carbonyl (C=O) groups is 1. The summed E-state index contributed by atoms with van der Waals surface area (Å²) >= 11 is 1.63. The Hall–Kier alpha value is -1.89. The molecule has 0 atom stereocenters. The van der Waals surface area contributed by atoms with Crippen LogP contribution in [0, 0.1) is 0 Å². The molecule has 108 valence electrons. The molecule has 0 spiro atoms. The van der Waals surface area contributed by atoms with Gasteiger partial charge in [0.15, 0.2) is 0 Å². The second-order valence-corrected chi connectivity index (χ2v) is 5.67. The number of nitrogens with one attached hydrogen (secondary N) is 2. The van der Waals surface area contributed by atoms with Crippen LogP contribution in [-0.4, -0.2) is 22.6 Å². The largest absolute Gasteiger partial charge is 0.408 e. The van der Waals surface area contributed by atoms with Gasteiger partial charge in [0.25, 0.3) is 0 Å². The Balaban J connectivity index is 1.65. The van der Waals surface area contributed by atoms with Crippen molar-refractivity contribution in [3.05, 3.63) is 28.3 Å². The van der Waals surface area contributed by atoms with Crippen LogP contribution in [0.1, 0.15) is 37.0 Å². The van der Waals surface area contributed by atoms with Gasteiger partial charge in [-0.25, -0.2) is 0 Å². The summed E-state index contributed by atoms with van der Waals surface area (Å²) < 4.78 is 5.38. The summed E-state index contributed by atoms with van der Waals surface area (Å²) in [5.41, 5.74) is 0. The first-order valence-electron chi connectivity index (χ1n) is 6.51. The van der Waals surface area contributed by atoms with E-state index < -0.39 is 0 Å². The standard InChI is InChI=1S/C13H18N4O2S/c1-9(2)12-16-17-13(19-12)14-6-5-11(18)15-8-10-4-3-7-20-10/h3-4,7,9H,5-6,8H2,1-2H3,(H,14,17)(H,15,18). The normalized spacial score (nSPS) is 10.8. The van der Waals surface area contributed by atoms with Crippen molar-refractivity contribution in [1.29, 1.82) is 0 Å². The van der Waals surface area contributed by atoms with Gasteiger partial charge in [0.2, 0.25) is 11.8 Å². The Bertz CT molecular complexity index is 536. The van der Waals surface area contributed by atoms with Gasteiger partial charge >= 0.3 is 6.01 Å². The minimum atomic E-state index is -0.00509. The molecule has 0 aromatic carbocycles. The zero-order valence-electron chi connectivity index (χ0n) is 11.5. The number of carbonyl (C=O) groups excluding carboxylic acids is 1. The lowest BCUT2D eigenvalue weighted by Crippen LogP contribution is -2.24. The van der Waals surface area contributed by atoms with Gasteiger partial charge in [0.1, 0.15) is 0 Å². The highest BCUT2D eigenvalue weighted by atomic mass is 32.1. The predicted octanol–water partition coefficient (Wildman–Crippen LogP) is 2.37. The molecular weight excluding hydrogens is 276 g/mol. The molecule has 0 aliphatic heterocycles. The highest BCUT2D eigenvalue weighted by Gasteiger charge is 2.09. The molecule has 0 bridgehead atoms. The van der Waals surface area contributed by atoms with Gasteiger partial charge < -0.3 is 15.1 Å². The predicted molar refractivity (Wildman–Crippen MR) is 77.7 cm³/mol. The number of hydrogen-bond acceptors (Lipinski definition) is 6. The van der Waals surface area contributed by atoms with Crippen molar-refractivity contribution >= 4 is 23.3 Å².